The van der Waals surface area contributed by atoms with Crippen molar-refractivity contribution in [2.45, 2.75) is 4.90 Å². The molecule has 14 heavy (non-hydrogen) atoms. The Hall–Kier alpha value is 0.670. The number of hydrogen-bond acceptors (Lipinski definition) is 2. The van der Waals surface area contributed by atoms with Crippen LogP contribution in [0.15, 0.2) is 32.0 Å². The Labute approximate surface area is 109 Å². The van der Waals surface area contributed by atoms with E-state index in [1.54, 1.807) is 12.1 Å². The molecule has 0 heterocycles. The fourth-order valence-electron chi connectivity index (χ4n) is 0.749. The van der Waals surface area contributed by atoms with Crippen molar-refractivity contribution >= 4 is 65.4 Å². The molecular weight excluding hydrogens is 381 g/mol. The van der Waals surface area contributed by atoms with Gasteiger partial charge < -0.3 is 0 Å². The van der Waals surface area contributed by atoms with Crippen molar-refractivity contribution in [2.75, 3.05) is 0 Å². The topological polar surface area (TPSA) is 37.4 Å². The first-order chi connectivity index (χ1) is 6.35. The molecule has 0 fully saturated rings. The minimum absolute atomic E-state index is 0.00289. The summed E-state index contributed by atoms with van der Waals surface area (Å²) in [7, 11) is -3.84. The summed E-state index contributed by atoms with van der Waals surface area (Å²) in [5.41, 5.74) is 0. The molecule has 0 aromatic heterocycles. The molecule has 0 atom stereocenters. The third kappa shape index (κ3) is 2.62. The third-order valence-electron chi connectivity index (χ3n) is 1.35. The Morgan fingerprint density at radius 3 is 2.29 bits per heavy atom. The minimum atomic E-state index is -3.84. The van der Waals surface area contributed by atoms with E-state index in [1.807, 2.05) is 0 Å². The van der Waals surface area contributed by atoms with E-state index < -0.39 is 10.0 Å². The summed E-state index contributed by atoms with van der Waals surface area (Å²) in [5, 5.41) is 0. The molecule has 3 nitrogen and oxygen atoms in total. The van der Waals surface area contributed by atoms with Gasteiger partial charge in [-0.3, -0.25) is 0 Å². The summed E-state index contributed by atoms with van der Waals surface area (Å²) >= 11 is 16.6. The van der Waals surface area contributed by atoms with E-state index in [4.69, 9.17) is 23.6 Å². The van der Waals surface area contributed by atoms with Crippen molar-refractivity contribution in [3.63, 3.8) is 0 Å². The van der Waals surface area contributed by atoms with Gasteiger partial charge in [-0.05, 0) is 37.5 Å². The van der Waals surface area contributed by atoms with Gasteiger partial charge in [0.2, 0.25) is 0 Å². The lowest BCUT2D eigenvalue weighted by Gasteiger charge is -2.08. The highest BCUT2D eigenvalue weighted by Gasteiger charge is 2.24. The molecule has 1 aromatic carbocycles. The van der Waals surface area contributed by atoms with Crippen LogP contribution in [0.1, 0.15) is 0 Å². The summed E-state index contributed by atoms with van der Waals surface area (Å²) in [6.45, 7) is 0. The van der Waals surface area contributed by atoms with Gasteiger partial charge in [0.1, 0.15) is 0 Å². The van der Waals surface area contributed by atoms with Gasteiger partial charge in [0.05, 0.1) is 4.90 Å². The van der Waals surface area contributed by atoms with E-state index in [0.29, 0.717) is 8.95 Å². The minimum Gasteiger partial charge on any atom is -0.204 e. The zero-order chi connectivity index (χ0) is 10.9. The van der Waals surface area contributed by atoms with Crippen LogP contribution < -0.4 is 0 Å². The summed E-state index contributed by atoms with van der Waals surface area (Å²) in [4.78, 5) is -0.00289. The monoisotopic (exact) mass is 381 g/mol. The molecule has 0 spiro atoms. The van der Waals surface area contributed by atoms with Crippen LogP contribution in [0.2, 0.25) is 0 Å². The molecule has 0 radical (unpaired) electrons. The third-order valence-corrected chi connectivity index (χ3v) is 5.15. The smallest absolute Gasteiger partial charge is 0.204 e. The van der Waals surface area contributed by atoms with Crippen LogP contribution in [0.4, 0.5) is 0 Å². The second-order valence-electron chi connectivity index (χ2n) is 2.25. The number of nitrogens with zero attached hydrogens (tertiary/aromatic N) is 1. The number of benzene rings is 1. The predicted octanol–water partition coefficient (Wildman–Crippen LogP) is 3.51. The van der Waals surface area contributed by atoms with Crippen LogP contribution in [0, 0.1) is 0 Å². The molecule has 78 valence electrons. The molecule has 0 aliphatic heterocycles. The Morgan fingerprint density at radius 2 is 1.79 bits per heavy atom. The summed E-state index contributed by atoms with van der Waals surface area (Å²) in [5.74, 6) is 0. The zero-order valence-corrected chi connectivity index (χ0v) is 11.9. The Balaban J connectivity index is 3.40. The van der Waals surface area contributed by atoms with Gasteiger partial charge in [0, 0.05) is 32.5 Å². The second-order valence-corrected chi connectivity index (χ2v) is 7.03. The van der Waals surface area contributed by atoms with Crippen molar-refractivity contribution in [1.29, 1.82) is 0 Å². The van der Waals surface area contributed by atoms with E-state index in [-0.39, 0.29) is 8.24 Å². The van der Waals surface area contributed by atoms with Gasteiger partial charge in [-0.1, -0.05) is 15.9 Å². The molecule has 0 saturated carbocycles. The average Bonchev–Trinajstić information content (AvgIpc) is 2.08. The Kier molecular flexibility index (Phi) is 4.25. The molecule has 0 bridgehead atoms. The van der Waals surface area contributed by atoms with Crippen molar-refractivity contribution in [3.05, 3.63) is 27.1 Å². The van der Waals surface area contributed by atoms with Crippen molar-refractivity contribution < 1.29 is 8.42 Å². The SMILES string of the molecule is O=S(=O)(c1cc(Br)ccc1Br)N(Cl)Cl. The van der Waals surface area contributed by atoms with Crippen LogP contribution in [-0.2, 0) is 10.0 Å². The quantitative estimate of drug-likeness (QED) is 0.733. The lowest BCUT2D eigenvalue weighted by atomic mass is 10.4. The first-order valence-corrected chi connectivity index (χ1v) is 6.88. The molecule has 0 amide bonds. The van der Waals surface area contributed by atoms with E-state index in [2.05, 4.69) is 31.9 Å². The molecule has 0 N–H and O–H groups in total. The molecule has 0 unspecified atom stereocenters. The highest BCUT2D eigenvalue weighted by Crippen LogP contribution is 2.29. The first-order valence-electron chi connectivity index (χ1n) is 3.17. The predicted molar refractivity (Wildman–Crippen MR) is 62.6 cm³/mol. The standard InChI is InChI=1S/C6H3Br2Cl2NO2S/c7-4-1-2-5(8)6(3-4)14(12,13)11(9)10/h1-3H. The molecule has 1 rings (SSSR count). The van der Waals surface area contributed by atoms with Crippen LogP contribution in [0.5, 0.6) is 0 Å². The molecule has 1 aromatic rings. The number of sulfonamides is 1. The largest absolute Gasteiger partial charge is 0.271 e. The van der Waals surface area contributed by atoms with Gasteiger partial charge in [-0.2, -0.15) is 0 Å². The van der Waals surface area contributed by atoms with Gasteiger partial charge in [0.15, 0.2) is 0 Å². The van der Waals surface area contributed by atoms with E-state index >= 15 is 0 Å². The van der Waals surface area contributed by atoms with Crippen molar-refractivity contribution in [3.8, 4) is 0 Å². The van der Waals surface area contributed by atoms with Crippen LogP contribution in [0.25, 0.3) is 0 Å². The molecule has 0 saturated heterocycles. The van der Waals surface area contributed by atoms with Crippen molar-refractivity contribution in [2.24, 2.45) is 0 Å². The highest BCUT2D eigenvalue weighted by atomic mass is 79.9. The molecule has 8 heteroatoms. The second kappa shape index (κ2) is 4.67. The fraction of sp³-hybridized carbons (Fsp3) is 0. The normalized spacial score (nSPS) is 12.1. The Bertz CT molecular complexity index is 449. The Morgan fingerprint density at radius 1 is 1.21 bits per heavy atom. The highest BCUT2D eigenvalue weighted by molar-refractivity contribution is 9.11. The maximum Gasteiger partial charge on any atom is 0.271 e. The number of hydrogen-bond donors (Lipinski definition) is 0. The van der Waals surface area contributed by atoms with E-state index in [9.17, 15) is 8.42 Å². The maximum atomic E-state index is 11.5. The number of rotatable bonds is 2. The van der Waals surface area contributed by atoms with Gasteiger partial charge in [-0.15, -0.1) is 0 Å². The first kappa shape index (κ1) is 12.7. The van der Waals surface area contributed by atoms with Crippen LogP contribution in [-0.4, -0.2) is 11.8 Å². The summed E-state index contributed by atoms with van der Waals surface area (Å²) in [6.07, 6.45) is 0. The molecule has 0 aliphatic rings. The van der Waals surface area contributed by atoms with Gasteiger partial charge in [0.25, 0.3) is 10.0 Å². The lowest BCUT2D eigenvalue weighted by Crippen LogP contribution is -2.12. The van der Waals surface area contributed by atoms with Crippen LogP contribution in [0.3, 0.4) is 0 Å². The average molecular weight is 384 g/mol. The fourth-order valence-corrected chi connectivity index (χ4v) is 3.31. The van der Waals surface area contributed by atoms with Crippen molar-refractivity contribution in [1.82, 2.24) is 3.34 Å². The molecule has 0 aliphatic carbocycles. The summed E-state index contributed by atoms with van der Waals surface area (Å²) in [6, 6.07) is 4.67. The van der Waals surface area contributed by atoms with E-state index in [0.717, 1.165) is 0 Å². The van der Waals surface area contributed by atoms with Gasteiger partial charge in [-0.25, -0.2) is 8.42 Å². The lowest BCUT2D eigenvalue weighted by molar-refractivity contribution is 0.579. The molecular formula is C6H3Br2Cl2NO2S. The maximum absolute atomic E-state index is 11.5. The summed E-state index contributed by atoms with van der Waals surface area (Å²) < 4.78 is 24.2. The zero-order valence-electron chi connectivity index (χ0n) is 6.42. The van der Waals surface area contributed by atoms with Gasteiger partial charge >= 0.3 is 0 Å². The van der Waals surface area contributed by atoms with Crippen LogP contribution >= 0.6 is 55.4 Å². The van der Waals surface area contributed by atoms with E-state index in [1.165, 1.54) is 6.07 Å². The number of halogens is 4.